The summed E-state index contributed by atoms with van der Waals surface area (Å²) in [5, 5.41) is 9.44. The van der Waals surface area contributed by atoms with Crippen molar-refractivity contribution in [3.05, 3.63) is 69.3 Å². The number of carbonyl (C=O) groups is 2. The summed E-state index contributed by atoms with van der Waals surface area (Å²) in [4.78, 5) is 23.8. The molecule has 0 fully saturated rings. The first-order chi connectivity index (χ1) is 18.5. The molecule has 0 bridgehead atoms. The summed E-state index contributed by atoms with van der Waals surface area (Å²) in [5.41, 5.74) is 5.20. The van der Waals surface area contributed by atoms with Crippen molar-refractivity contribution in [2.45, 2.75) is 122 Å². The van der Waals surface area contributed by atoms with Gasteiger partial charge < -0.3 is 9.84 Å². The Morgan fingerprint density at radius 1 is 0.825 bits per heavy atom. The molecule has 0 heterocycles. The fourth-order valence-electron chi connectivity index (χ4n) is 6.43. The second-order valence-electron chi connectivity index (χ2n) is 13.3. The smallest absolute Gasteiger partial charge is 0.313 e. The molecule has 0 spiro atoms. The molecular weight excluding hydrogens is 510 g/mol. The highest BCUT2D eigenvalue weighted by molar-refractivity contribution is 5.80. The van der Waals surface area contributed by atoms with Gasteiger partial charge in [-0.15, -0.1) is 0 Å². The third-order valence-corrected chi connectivity index (χ3v) is 8.74. The van der Waals surface area contributed by atoms with Crippen LogP contribution in [0.15, 0.2) is 24.3 Å². The number of hydrogen-bond acceptors (Lipinski definition) is 3. The number of ether oxygens (including phenoxy) is 1. The van der Waals surface area contributed by atoms with Crippen LogP contribution in [0, 0.1) is 11.6 Å². The minimum atomic E-state index is -0.801. The van der Waals surface area contributed by atoms with Gasteiger partial charge in [-0.1, -0.05) is 55.4 Å². The number of aliphatic carboxylic acids is 1. The third kappa shape index (κ3) is 6.42. The molecule has 40 heavy (non-hydrogen) atoms. The van der Waals surface area contributed by atoms with E-state index in [1.807, 2.05) is 34.6 Å². The number of halogens is 2. The van der Waals surface area contributed by atoms with E-state index < -0.39 is 11.9 Å². The Hall–Kier alpha value is -2.76. The van der Waals surface area contributed by atoms with Crippen molar-refractivity contribution in [3.63, 3.8) is 0 Å². The topological polar surface area (TPSA) is 63.6 Å². The predicted octanol–water partition coefficient (Wildman–Crippen LogP) is 8.86. The van der Waals surface area contributed by atoms with Crippen LogP contribution in [0.25, 0.3) is 0 Å². The molecule has 1 N–H and O–H groups in total. The number of carboxylic acid groups (broad SMARTS) is 1. The number of carbonyl (C=O) groups excluding carboxylic acids is 1. The molecule has 0 aliphatic heterocycles. The van der Waals surface area contributed by atoms with Crippen molar-refractivity contribution in [1.82, 2.24) is 0 Å². The molecule has 2 aliphatic rings. The van der Waals surface area contributed by atoms with E-state index in [0.717, 1.165) is 52.6 Å². The zero-order chi connectivity index (χ0) is 30.2. The Labute approximate surface area is 238 Å². The Balaban J connectivity index is 0.000000222. The Bertz CT molecular complexity index is 1260. The lowest BCUT2D eigenvalue weighted by atomic mass is 9.66. The van der Waals surface area contributed by atoms with Gasteiger partial charge in [0.15, 0.2) is 0 Å². The monoisotopic (exact) mass is 556 g/mol. The van der Waals surface area contributed by atoms with Crippen LogP contribution in [0.3, 0.4) is 0 Å². The fourth-order valence-corrected chi connectivity index (χ4v) is 6.43. The summed E-state index contributed by atoms with van der Waals surface area (Å²) in [6, 6.07) is 6.21. The second-order valence-corrected chi connectivity index (χ2v) is 13.3. The maximum absolute atomic E-state index is 14.0. The summed E-state index contributed by atoms with van der Waals surface area (Å²) < 4.78 is 33.1. The van der Waals surface area contributed by atoms with Gasteiger partial charge in [-0.05, 0) is 113 Å². The number of fused-ring (bicyclic) bond motifs is 2. The van der Waals surface area contributed by atoms with Crippen LogP contribution in [-0.2, 0) is 25.2 Å². The quantitative estimate of drug-likeness (QED) is 0.374. The zero-order valence-corrected chi connectivity index (χ0v) is 25.6. The van der Waals surface area contributed by atoms with Gasteiger partial charge in [0.05, 0.1) is 18.4 Å². The predicted molar refractivity (Wildman–Crippen MR) is 155 cm³/mol. The molecular formula is C34H46F2O4. The summed E-state index contributed by atoms with van der Waals surface area (Å²) in [7, 11) is 0. The normalized spacial score (nSPS) is 20.7. The van der Waals surface area contributed by atoms with Crippen molar-refractivity contribution in [2.75, 3.05) is 6.61 Å². The molecule has 2 aromatic rings. The second kappa shape index (κ2) is 12.0. The maximum Gasteiger partial charge on any atom is 0.313 e. The molecule has 0 saturated heterocycles. The SMILES string of the molecule is CC(C)c1cc(F)cc2c1C(C(=O)O)CCC2(C)C.CCOC(=O)C1CCC(C)(C)c2cc(F)cc(C(C)C)c21. The van der Waals surface area contributed by atoms with Gasteiger partial charge in [0.2, 0.25) is 0 Å². The molecule has 0 amide bonds. The average molecular weight is 557 g/mol. The van der Waals surface area contributed by atoms with Crippen LogP contribution in [-0.4, -0.2) is 23.7 Å². The van der Waals surface area contributed by atoms with Crippen molar-refractivity contribution in [1.29, 1.82) is 0 Å². The van der Waals surface area contributed by atoms with E-state index >= 15 is 0 Å². The standard InChI is InChI=1S/C18H25FO2.C16H21FO2/c1-6-21-17(20)13-7-8-18(4,5)15-10-12(19)9-14(11(2)3)16(13)15;1-9(2)12-7-10(17)8-13-14(12)11(15(18)19)5-6-16(13,3)4/h9-11,13H,6-8H2,1-5H3;7-9,11H,5-6H2,1-4H3,(H,18,19). The van der Waals surface area contributed by atoms with Crippen molar-refractivity contribution in [2.24, 2.45) is 0 Å². The summed E-state index contributed by atoms with van der Waals surface area (Å²) in [5.74, 6) is -1.91. The van der Waals surface area contributed by atoms with E-state index in [9.17, 15) is 23.5 Å². The highest BCUT2D eigenvalue weighted by Gasteiger charge is 2.40. The van der Waals surface area contributed by atoms with Crippen LogP contribution in [0.4, 0.5) is 8.78 Å². The number of rotatable bonds is 5. The summed E-state index contributed by atoms with van der Waals surface area (Å²) in [6.07, 6.45) is 3.04. The van der Waals surface area contributed by atoms with Gasteiger partial charge >= 0.3 is 11.9 Å². The van der Waals surface area contributed by atoms with Crippen molar-refractivity contribution >= 4 is 11.9 Å². The third-order valence-electron chi connectivity index (χ3n) is 8.74. The maximum atomic E-state index is 14.0. The van der Waals surface area contributed by atoms with Crippen molar-refractivity contribution in [3.8, 4) is 0 Å². The van der Waals surface area contributed by atoms with E-state index in [4.69, 9.17) is 4.74 Å². The van der Waals surface area contributed by atoms with Gasteiger partial charge in [-0.3, -0.25) is 9.59 Å². The summed E-state index contributed by atoms with van der Waals surface area (Å²) >= 11 is 0. The van der Waals surface area contributed by atoms with Gasteiger partial charge in [-0.2, -0.15) is 0 Å². The van der Waals surface area contributed by atoms with E-state index in [2.05, 4.69) is 27.7 Å². The lowest BCUT2D eigenvalue weighted by Crippen LogP contribution is -2.32. The first-order valence-electron chi connectivity index (χ1n) is 14.6. The zero-order valence-electron chi connectivity index (χ0n) is 25.6. The molecule has 2 atom stereocenters. The summed E-state index contributed by atoms with van der Waals surface area (Å²) in [6.45, 7) is 18.6. The Morgan fingerprint density at radius 3 is 1.60 bits per heavy atom. The lowest BCUT2D eigenvalue weighted by Gasteiger charge is -2.38. The molecule has 0 saturated carbocycles. The highest BCUT2D eigenvalue weighted by Crippen LogP contribution is 2.47. The van der Waals surface area contributed by atoms with Crippen LogP contribution >= 0.6 is 0 Å². The van der Waals surface area contributed by atoms with Gasteiger partial charge in [0.25, 0.3) is 0 Å². The number of benzene rings is 2. The average Bonchev–Trinajstić information content (AvgIpc) is 2.84. The number of hydrogen-bond donors (Lipinski definition) is 1. The van der Waals surface area contributed by atoms with Crippen molar-refractivity contribution < 1.29 is 28.2 Å². The molecule has 4 rings (SSSR count). The molecule has 2 aromatic carbocycles. The molecule has 0 radical (unpaired) electrons. The first-order valence-corrected chi connectivity index (χ1v) is 14.6. The minimum Gasteiger partial charge on any atom is -0.481 e. The van der Waals surface area contributed by atoms with E-state index in [1.54, 1.807) is 12.1 Å². The first kappa shape index (κ1) is 31.8. The van der Waals surface area contributed by atoms with E-state index in [-0.39, 0.29) is 46.2 Å². The molecule has 0 aromatic heterocycles. The van der Waals surface area contributed by atoms with Crippen LogP contribution < -0.4 is 0 Å². The van der Waals surface area contributed by atoms with E-state index in [0.29, 0.717) is 13.0 Å². The van der Waals surface area contributed by atoms with Gasteiger partial charge in [0, 0.05) is 0 Å². The van der Waals surface area contributed by atoms with Crippen LogP contribution in [0.1, 0.15) is 145 Å². The number of carboxylic acids is 1. The Morgan fingerprint density at radius 2 is 1.23 bits per heavy atom. The van der Waals surface area contributed by atoms with Crippen LogP contribution in [0.5, 0.6) is 0 Å². The molecule has 6 heteroatoms. The minimum absolute atomic E-state index is 0.107. The van der Waals surface area contributed by atoms with E-state index in [1.165, 1.54) is 12.1 Å². The fraction of sp³-hybridized carbons (Fsp3) is 0.588. The highest BCUT2D eigenvalue weighted by atomic mass is 19.1. The molecule has 220 valence electrons. The largest absolute Gasteiger partial charge is 0.481 e. The molecule has 4 nitrogen and oxygen atoms in total. The van der Waals surface area contributed by atoms with Crippen LogP contribution in [0.2, 0.25) is 0 Å². The lowest BCUT2D eigenvalue weighted by molar-refractivity contribution is -0.145. The van der Waals surface area contributed by atoms with Gasteiger partial charge in [-0.25, -0.2) is 8.78 Å². The number of esters is 1. The molecule has 2 unspecified atom stereocenters. The van der Waals surface area contributed by atoms with Gasteiger partial charge in [0.1, 0.15) is 11.6 Å². The Kier molecular flexibility index (Phi) is 9.53. The molecule has 2 aliphatic carbocycles.